The van der Waals surface area contributed by atoms with E-state index >= 15 is 0 Å². The molecule has 2 aliphatic heterocycles. The fourth-order valence-corrected chi connectivity index (χ4v) is 7.15. The van der Waals surface area contributed by atoms with Gasteiger partial charge in [0.25, 0.3) is 23.2 Å². The number of rotatable bonds is 14. The summed E-state index contributed by atoms with van der Waals surface area (Å²) >= 11 is 0. The van der Waals surface area contributed by atoms with E-state index in [1.807, 2.05) is 13.8 Å². The number of hydrogen-bond acceptors (Lipinski definition) is 17. The third-order valence-corrected chi connectivity index (χ3v) is 10.8. The summed E-state index contributed by atoms with van der Waals surface area (Å²) < 4.78 is 10.1. The molecule has 25 heteroatoms. The van der Waals surface area contributed by atoms with E-state index in [4.69, 9.17) is 9.05 Å². The van der Waals surface area contributed by atoms with Crippen LogP contribution in [0.25, 0.3) is 22.2 Å². The van der Waals surface area contributed by atoms with Gasteiger partial charge in [-0.25, -0.2) is 24.7 Å². The molecule has 6 N–H and O–H groups in total. The van der Waals surface area contributed by atoms with Crippen LogP contribution in [0.5, 0.6) is 0 Å². The number of anilines is 2. The van der Waals surface area contributed by atoms with Gasteiger partial charge >= 0.3 is 17.7 Å². The molecule has 2 fully saturated rings. The normalized spacial score (nSPS) is 18.3. The molecule has 6 rings (SSSR count). The minimum absolute atomic E-state index is 0.0611. The monoisotopic (exact) mass is 836 g/mol. The lowest BCUT2D eigenvalue weighted by Crippen LogP contribution is -2.61. The Labute approximate surface area is 339 Å². The molecule has 2 aliphatic rings. The predicted molar refractivity (Wildman–Crippen MR) is 208 cm³/mol. The van der Waals surface area contributed by atoms with Crippen molar-refractivity contribution in [3.8, 4) is 0 Å². The summed E-state index contributed by atoms with van der Waals surface area (Å²) in [5.41, 5.74) is 8.74. The van der Waals surface area contributed by atoms with Crippen LogP contribution in [-0.2, 0) is 19.2 Å². The maximum Gasteiger partial charge on any atom is 0.423 e. The lowest BCUT2D eigenvalue weighted by molar-refractivity contribution is -0.389. The van der Waals surface area contributed by atoms with Crippen molar-refractivity contribution >= 4 is 75.1 Å². The number of urea groups is 1. The SMILES string of the molecule is CCC(C)C(NC(=O)C1CCCN1c1ccc2c([N+](=O)[O-])noc2n1)C(=O)NNC(=O)NNC(=O)C(NC(=O)C1CCCN1c1ccc2c([N+](=O)[O-])noc2n1)C(C)CC. The summed E-state index contributed by atoms with van der Waals surface area (Å²) in [6, 6.07) is 1.29. The van der Waals surface area contributed by atoms with E-state index in [-0.39, 0.29) is 34.0 Å². The molecule has 0 aliphatic carbocycles. The predicted octanol–water partition coefficient (Wildman–Crippen LogP) is 1.64. The van der Waals surface area contributed by atoms with E-state index in [2.05, 4.69) is 52.6 Å². The van der Waals surface area contributed by atoms with Crippen molar-refractivity contribution in [2.24, 2.45) is 11.8 Å². The van der Waals surface area contributed by atoms with Gasteiger partial charge < -0.3 is 40.7 Å². The molecule has 0 radical (unpaired) electrons. The average molecular weight is 837 g/mol. The molecule has 25 nitrogen and oxygen atoms in total. The second-order valence-corrected chi connectivity index (χ2v) is 14.6. The summed E-state index contributed by atoms with van der Waals surface area (Å²) in [5, 5.41) is 35.1. The van der Waals surface area contributed by atoms with Crippen LogP contribution in [-0.4, -0.2) is 97.0 Å². The van der Waals surface area contributed by atoms with E-state index in [0.29, 0.717) is 63.3 Å². The number of nitrogens with zero attached hydrogens (tertiary/aromatic N) is 8. The topological polar surface area (TPSA) is 328 Å². The van der Waals surface area contributed by atoms with Gasteiger partial charge in [0.1, 0.15) is 46.6 Å². The van der Waals surface area contributed by atoms with Gasteiger partial charge in [-0.3, -0.25) is 30.0 Å². The summed E-state index contributed by atoms with van der Waals surface area (Å²) in [4.78, 5) is 99.8. The first-order valence-electron chi connectivity index (χ1n) is 19.3. The third kappa shape index (κ3) is 8.92. The second kappa shape index (κ2) is 18.2. The first-order chi connectivity index (χ1) is 28.7. The average Bonchev–Trinajstić information content (AvgIpc) is 4.07. The molecule has 6 amide bonds. The van der Waals surface area contributed by atoms with Crippen molar-refractivity contribution in [3.63, 3.8) is 0 Å². The van der Waals surface area contributed by atoms with E-state index in [0.717, 1.165) is 0 Å². The largest absolute Gasteiger partial charge is 0.423 e. The molecule has 0 bridgehead atoms. The molecule has 4 aromatic heterocycles. The van der Waals surface area contributed by atoms with Crippen LogP contribution in [0.3, 0.4) is 0 Å². The Hall–Kier alpha value is -7.21. The van der Waals surface area contributed by atoms with Crippen molar-refractivity contribution in [2.75, 3.05) is 22.9 Å². The van der Waals surface area contributed by atoms with Crippen molar-refractivity contribution < 1.29 is 42.9 Å². The maximum atomic E-state index is 13.6. The van der Waals surface area contributed by atoms with Crippen LogP contribution in [0.4, 0.5) is 28.1 Å². The number of carbonyl (C=O) groups is 5. The maximum absolute atomic E-state index is 13.6. The van der Waals surface area contributed by atoms with Gasteiger partial charge in [0.15, 0.2) is 10.3 Å². The lowest BCUT2D eigenvalue weighted by atomic mass is 9.98. The fraction of sp³-hybridized carbons (Fsp3) is 0.514. The number of hydrazine groups is 2. The first kappa shape index (κ1) is 42.4. The highest BCUT2D eigenvalue weighted by Gasteiger charge is 2.38. The first-order valence-corrected chi connectivity index (χ1v) is 19.3. The van der Waals surface area contributed by atoms with Crippen molar-refractivity contribution in [2.45, 2.75) is 90.4 Å². The number of hydrogen-bond donors (Lipinski definition) is 6. The second-order valence-electron chi connectivity index (χ2n) is 14.6. The Morgan fingerprint density at radius 2 is 1.10 bits per heavy atom. The molecule has 4 aromatic rings. The van der Waals surface area contributed by atoms with Crippen molar-refractivity contribution in [1.82, 2.24) is 52.6 Å². The molecule has 6 unspecified atom stereocenters. The van der Waals surface area contributed by atoms with Crippen molar-refractivity contribution in [1.29, 1.82) is 0 Å². The van der Waals surface area contributed by atoms with Gasteiger partial charge in [-0.05, 0) is 71.6 Å². The molecule has 320 valence electrons. The number of nitrogens with one attached hydrogen (secondary N) is 6. The number of carbonyl (C=O) groups excluding carboxylic acids is 5. The fourth-order valence-electron chi connectivity index (χ4n) is 7.15. The van der Waals surface area contributed by atoms with E-state index < -0.39 is 75.3 Å². The standard InChI is InChI=1S/C35H44N14O11/c1-5-17(3)25(38-29(50)21-9-7-15-46(21)23-13-11-19-27(48(55)56)44-59-33(19)36-23)31(52)40-42-35(54)43-41-32(53)26(18(4)6-2)39-30(51)22-10-8-16-47(22)24-14-12-20-28(49(57)58)45-60-34(20)37-24/h11-14,17-18,21-22,25-26H,5-10,15-16H2,1-4H3,(H,38,50)(H,39,51)(H,40,52)(H,41,53)(H2,42,43,54). The summed E-state index contributed by atoms with van der Waals surface area (Å²) in [5.74, 6) is -3.47. The summed E-state index contributed by atoms with van der Waals surface area (Å²) in [6.07, 6.45) is 3.07. The molecule has 0 spiro atoms. The molecule has 6 atom stereocenters. The molecule has 2 saturated heterocycles. The molecule has 0 saturated carbocycles. The lowest BCUT2D eigenvalue weighted by Gasteiger charge is -2.29. The van der Waals surface area contributed by atoms with Crippen LogP contribution in [0.15, 0.2) is 33.3 Å². The molecular formula is C35H44N14O11. The van der Waals surface area contributed by atoms with Crippen LogP contribution in [0.2, 0.25) is 0 Å². The zero-order valence-corrected chi connectivity index (χ0v) is 33.0. The minimum Gasteiger partial charge on any atom is -0.358 e. The number of fused-ring (bicyclic) bond motifs is 2. The zero-order valence-electron chi connectivity index (χ0n) is 33.0. The molecule has 6 heterocycles. The Balaban J connectivity index is 1.02. The quantitative estimate of drug-likeness (QED) is 0.0776. The van der Waals surface area contributed by atoms with Crippen LogP contribution in [0.1, 0.15) is 66.2 Å². The van der Waals surface area contributed by atoms with E-state index in [1.165, 1.54) is 24.3 Å². The number of amides is 6. The Bertz CT molecular complexity index is 2140. The molecule has 60 heavy (non-hydrogen) atoms. The van der Waals surface area contributed by atoms with Gasteiger partial charge in [0.2, 0.25) is 11.8 Å². The van der Waals surface area contributed by atoms with Gasteiger partial charge in [-0.1, -0.05) is 40.5 Å². The summed E-state index contributed by atoms with van der Waals surface area (Å²) in [7, 11) is 0. The van der Waals surface area contributed by atoms with Gasteiger partial charge in [-0.2, -0.15) is 9.97 Å². The van der Waals surface area contributed by atoms with Crippen LogP contribution < -0.4 is 42.1 Å². The Morgan fingerprint density at radius 1 is 0.700 bits per heavy atom. The number of nitro groups is 2. The highest BCUT2D eigenvalue weighted by atomic mass is 16.6. The zero-order chi connectivity index (χ0) is 43.2. The van der Waals surface area contributed by atoms with Crippen LogP contribution >= 0.6 is 0 Å². The smallest absolute Gasteiger partial charge is 0.358 e. The molecule has 0 aromatic carbocycles. The van der Waals surface area contributed by atoms with Gasteiger partial charge in [0.05, 0.1) is 0 Å². The van der Waals surface area contributed by atoms with E-state index in [9.17, 15) is 44.2 Å². The number of aromatic nitrogens is 4. The number of pyridine rings is 2. The Morgan fingerprint density at radius 3 is 1.47 bits per heavy atom. The third-order valence-electron chi connectivity index (χ3n) is 10.8. The van der Waals surface area contributed by atoms with Gasteiger partial charge in [-0.15, -0.1) is 0 Å². The van der Waals surface area contributed by atoms with Crippen LogP contribution in [0, 0.1) is 32.1 Å². The Kier molecular flexibility index (Phi) is 12.8. The van der Waals surface area contributed by atoms with Crippen molar-refractivity contribution in [3.05, 3.63) is 44.5 Å². The minimum atomic E-state index is -1.08. The van der Waals surface area contributed by atoms with E-state index in [1.54, 1.807) is 23.6 Å². The highest BCUT2D eigenvalue weighted by molar-refractivity contribution is 5.94. The molecular weight excluding hydrogens is 792 g/mol. The highest BCUT2D eigenvalue weighted by Crippen LogP contribution is 2.31. The van der Waals surface area contributed by atoms with Gasteiger partial charge in [0, 0.05) is 13.1 Å². The summed E-state index contributed by atoms with van der Waals surface area (Å²) in [6.45, 7) is 8.02.